The summed E-state index contributed by atoms with van der Waals surface area (Å²) >= 11 is 1.49. The smallest absolute Gasteiger partial charge is 0.260 e. The summed E-state index contributed by atoms with van der Waals surface area (Å²) in [6.07, 6.45) is 3.84. The number of fused-ring (bicyclic) bond motifs is 1. The molecule has 0 radical (unpaired) electrons. The van der Waals surface area contributed by atoms with Crippen LogP contribution in [0.2, 0.25) is 0 Å². The van der Waals surface area contributed by atoms with E-state index in [9.17, 15) is 13.2 Å². The van der Waals surface area contributed by atoms with Crippen molar-refractivity contribution < 1.29 is 13.2 Å². The van der Waals surface area contributed by atoms with Crippen molar-refractivity contribution in [2.75, 3.05) is 45.2 Å². The molecule has 7 nitrogen and oxygen atoms in total. The number of benzene rings is 2. The fourth-order valence-corrected chi connectivity index (χ4v) is 6.20. The van der Waals surface area contributed by atoms with Gasteiger partial charge in [0.25, 0.3) is 5.91 Å². The first-order valence-corrected chi connectivity index (χ1v) is 14.0. The molecule has 0 bridgehead atoms. The maximum atomic E-state index is 13.6. The molecule has 37 heavy (non-hydrogen) atoms. The largest absolute Gasteiger partial charge is 0.309 e. The zero-order valence-corrected chi connectivity index (χ0v) is 24.3. The Balaban J connectivity index is 0.00000481. The van der Waals surface area contributed by atoms with Gasteiger partial charge in [-0.3, -0.25) is 9.69 Å². The van der Waals surface area contributed by atoms with E-state index in [2.05, 4.69) is 38.0 Å². The van der Waals surface area contributed by atoms with Gasteiger partial charge in [0.05, 0.1) is 15.1 Å². The molecular formula is C27H35ClN4O3S2. The first kappa shape index (κ1) is 30.7. The van der Waals surface area contributed by atoms with Crippen molar-refractivity contribution in [2.45, 2.75) is 25.2 Å². The molecule has 0 atom stereocenters. The molecule has 3 rings (SSSR count). The van der Waals surface area contributed by atoms with Gasteiger partial charge in [0.15, 0.2) is 5.13 Å². The molecule has 1 aromatic heterocycles. The minimum absolute atomic E-state index is 0. The SMILES string of the molecule is C=CCN(CC=C)S(=O)(=O)c1ccc(C(=O)N(CCCN(C)C)c2nc3cc(C)c(C)cc3s2)cc1.Cl. The average molecular weight is 563 g/mol. The number of rotatable bonds is 12. The number of halogens is 1. The third-order valence-electron chi connectivity index (χ3n) is 5.86. The van der Waals surface area contributed by atoms with E-state index in [0.29, 0.717) is 17.2 Å². The van der Waals surface area contributed by atoms with E-state index >= 15 is 0 Å². The molecule has 1 heterocycles. The lowest BCUT2D eigenvalue weighted by molar-refractivity contribution is 0.0986. The van der Waals surface area contributed by atoms with Gasteiger partial charge in [-0.15, -0.1) is 25.6 Å². The lowest BCUT2D eigenvalue weighted by Crippen LogP contribution is -2.33. The summed E-state index contributed by atoms with van der Waals surface area (Å²) in [7, 11) is 0.254. The first-order valence-electron chi connectivity index (χ1n) is 11.7. The summed E-state index contributed by atoms with van der Waals surface area (Å²) in [6, 6.07) is 10.2. The Morgan fingerprint density at radius 2 is 1.59 bits per heavy atom. The molecule has 0 aliphatic rings. The molecule has 0 spiro atoms. The number of sulfonamides is 1. The van der Waals surface area contributed by atoms with Crippen LogP contribution in [0.25, 0.3) is 10.2 Å². The van der Waals surface area contributed by atoms with Gasteiger partial charge in [-0.2, -0.15) is 4.31 Å². The Morgan fingerprint density at radius 1 is 1.00 bits per heavy atom. The van der Waals surface area contributed by atoms with Gasteiger partial charge in [-0.25, -0.2) is 13.4 Å². The van der Waals surface area contributed by atoms with Gasteiger partial charge < -0.3 is 4.90 Å². The summed E-state index contributed by atoms with van der Waals surface area (Å²) in [4.78, 5) is 22.3. The number of thiazole rings is 1. The van der Waals surface area contributed by atoms with Gasteiger partial charge in [-0.1, -0.05) is 23.5 Å². The minimum Gasteiger partial charge on any atom is -0.309 e. The molecule has 3 aromatic rings. The fraction of sp³-hybridized carbons (Fsp3) is 0.333. The van der Waals surface area contributed by atoms with E-state index in [0.717, 1.165) is 28.7 Å². The predicted octanol–water partition coefficient (Wildman–Crippen LogP) is 5.30. The van der Waals surface area contributed by atoms with Crippen LogP contribution in [0.15, 0.2) is 66.6 Å². The molecule has 0 aliphatic carbocycles. The molecule has 1 amide bonds. The molecule has 0 N–H and O–H groups in total. The second kappa shape index (κ2) is 13.3. The summed E-state index contributed by atoms with van der Waals surface area (Å²) in [5.41, 5.74) is 3.62. The van der Waals surface area contributed by atoms with Crippen LogP contribution in [0.3, 0.4) is 0 Å². The van der Waals surface area contributed by atoms with Crippen molar-refractivity contribution >= 4 is 55.0 Å². The van der Waals surface area contributed by atoms with Gasteiger partial charge in [0.1, 0.15) is 0 Å². The van der Waals surface area contributed by atoms with E-state index in [-0.39, 0.29) is 36.3 Å². The van der Waals surface area contributed by atoms with Crippen molar-refractivity contribution in [3.05, 3.63) is 78.4 Å². The van der Waals surface area contributed by atoms with Crippen molar-refractivity contribution in [2.24, 2.45) is 0 Å². The zero-order chi connectivity index (χ0) is 26.5. The molecule has 0 saturated heterocycles. The molecule has 0 fully saturated rings. The van der Waals surface area contributed by atoms with Crippen LogP contribution in [0.1, 0.15) is 27.9 Å². The van der Waals surface area contributed by atoms with Crippen LogP contribution in [-0.2, 0) is 10.0 Å². The molecule has 200 valence electrons. The van der Waals surface area contributed by atoms with Crippen LogP contribution in [-0.4, -0.2) is 68.8 Å². The molecule has 0 saturated carbocycles. The third kappa shape index (κ3) is 7.27. The van der Waals surface area contributed by atoms with Gasteiger partial charge in [-0.05, 0) is 88.4 Å². The standard InChI is InChI=1S/C27H34N4O3S2.ClH/c1-7-14-30(15-8-2)36(33,34)23-12-10-22(11-13-23)26(32)31(17-9-16-29(5)6)27-28-24-18-20(3)21(4)19-25(24)35-27;/h7-8,10-13,18-19H,1-2,9,14-17H2,3-6H3;1H. The second-order valence-corrected chi connectivity index (χ2v) is 11.9. The number of nitrogens with zero attached hydrogens (tertiary/aromatic N) is 4. The monoisotopic (exact) mass is 562 g/mol. The topological polar surface area (TPSA) is 73.8 Å². The van der Waals surface area contributed by atoms with Gasteiger partial charge >= 0.3 is 0 Å². The molecule has 2 aromatic carbocycles. The number of aryl methyl sites for hydroxylation is 2. The fourth-order valence-electron chi connectivity index (χ4n) is 3.75. The second-order valence-electron chi connectivity index (χ2n) is 8.94. The Kier molecular flexibility index (Phi) is 11.0. The zero-order valence-electron chi connectivity index (χ0n) is 21.8. The van der Waals surface area contributed by atoms with E-state index in [4.69, 9.17) is 4.98 Å². The highest BCUT2D eigenvalue weighted by molar-refractivity contribution is 7.89. The number of hydrogen-bond acceptors (Lipinski definition) is 6. The maximum absolute atomic E-state index is 13.6. The van der Waals surface area contributed by atoms with Gasteiger partial charge in [0, 0.05) is 25.2 Å². The molecule has 0 unspecified atom stereocenters. The van der Waals surface area contributed by atoms with E-state index in [1.807, 2.05) is 20.2 Å². The number of amides is 1. The van der Waals surface area contributed by atoms with E-state index in [1.54, 1.807) is 17.0 Å². The van der Waals surface area contributed by atoms with Crippen molar-refractivity contribution in [3.63, 3.8) is 0 Å². The summed E-state index contributed by atoms with van der Waals surface area (Å²) in [5.74, 6) is -0.209. The first-order chi connectivity index (χ1) is 17.1. The van der Waals surface area contributed by atoms with Crippen molar-refractivity contribution in [1.29, 1.82) is 0 Å². The van der Waals surface area contributed by atoms with Crippen LogP contribution < -0.4 is 4.90 Å². The Labute approximate surface area is 230 Å². The Bertz CT molecular complexity index is 1300. The maximum Gasteiger partial charge on any atom is 0.260 e. The lowest BCUT2D eigenvalue weighted by atomic mass is 10.1. The van der Waals surface area contributed by atoms with Crippen molar-refractivity contribution in [1.82, 2.24) is 14.2 Å². The highest BCUT2D eigenvalue weighted by Gasteiger charge is 2.25. The average Bonchev–Trinajstić information content (AvgIpc) is 3.23. The summed E-state index contributed by atoms with van der Waals surface area (Å²) < 4.78 is 28.4. The Hall–Kier alpha value is -2.56. The Morgan fingerprint density at radius 3 is 2.16 bits per heavy atom. The highest BCUT2D eigenvalue weighted by atomic mass is 35.5. The third-order valence-corrected chi connectivity index (χ3v) is 8.75. The normalized spacial score (nSPS) is 11.5. The summed E-state index contributed by atoms with van der Waals surface area (Å²) in [5, 5.41) is 0.638. The van der Waals surface area contributed by atoms with E-state index in [1.165, 1.54) is 45.5 Å². The van der Waals surface area contributed by atoms with Crippen LogP contribution in [0, 0.1) is 13.8 Å². The van der Waals surface area contributed by atoms with Crippen LogP contribution >= 0.6 is 23.7 Å². The number of anilines is 1. The number of carbonyl (C=O) groups excluding carboxylic acids is 1. The van der Waals surface area contributed by atoms with Gasteiger partial charge in [0.2, 0.25) is 10.0 Å². The predicted molar refractivity (Wildman–Crippen MR) is 157 cm³/mol. The molecular weight excluding hydrogens is 528 g/mol. The quantitative estimate of drug-likeness (QED) is 0.280. The number of aromatic nitrogens is 1. The molecule has 10 heteroatoms. The number of hydrogen-bond donors (Lipinski definition) is 0. The lowest BCUT2D eigenvalue weighted by Gasteiger charge is -2.22. The summed E-state index contributed by atoms with van der Waals surface area (Å²) in [6.45, 7) is 13.1. The highest BCUT2D eigenvalue weighted by Crippen LogP contribution is 2.32. The minimum atomic E-state index is -3.74. The molecule has 0 aliphatic heterocycles. The van der Waals surface area contributed by atoms with Crippen molar-refractivity contribution in [3.8, 4) is 0 Å². The van der Waals surface area contributed by atoms with Crippen LogP contribution in [0.5, 0.6) is 0 Å². The van der Waals surface area contributed by atoms with E-state index < -0.39 is 10.0 Å². The van der Waals surface area contributed by atoms with Crippen LogP contribution in [0.4, 0.5) is 5.13 Å². The number of carbonyl (C=O) groups is 1.